The molecule has 4 rings (SSSR count). The lowest BCUT2D eigenvalue weighted by atomic mass is 9.94. The Kier molecular flexibility index (Phi) is 9.74. The Morgan fingerprint density at radius 2 is 1.55 bits per heavy atom. The molecule has 0 amide bonds. The quantitative estimate of drug-likeness (QED) is 0.198. The average molecular weight is 515 g/mol. The lowest BCUT2D eigenvalue weighted by molar-refractivity contribution is -0.154. The molecule has 2 atom stereocenters. The Morgan fingerprint density at radius 3 is 2.24 bits per heavy atom. The highest BCUT2D eigenvalue weighted by atomic mass is 16.6. The zero-order valence-electron chi connectivity index (χ0n) is 22.9. The van der Waals surface area contributed by atoms with Gasteiger partial charge >= 0.3 is 5.97 Å². The van der Waals surface area contributed by atoms with E-state index in [-0.39, 0.29) is 12.1 Å². The van der Waals surface area contributed by atoms with E-state index in [1.54, 1.807) is 6.92 Å². The number of methoxy groups -OCH3 is 1. The smallest absolute Gasteiger partial charge is 0.335 e. The minimum absolute atomic E-state index is 0.161. The largest absolute Gasteiger partial charge is 0.491 e. The third-order valence-corrected chi connectivity index (χ3v) is 6.75. The van der Waals surface area contributed by atoms with E-state index in [0.717, 1.165) is 24.2 Å². The zero-order valence-corrected chi connectivity index (χ0v) is 22.9. The maximum absolute atomic E-state index is 12.0. The van der Waals surface area contributed by atoms with Crippen LogP contribution in [0.15, 0.2) is 60.7 Å². The molecular weight excluding hydrogens is 476 g/mol. The van der Waals surface area contributed by atoms with Gasteiger partial charge in [0.25, 0.3) is 0 Å². The van der Waals surface area contributed by atoms with Crippen molar-refractivity contribution in [2.75, 3.05) is 26.9 Å². The van der Waals surface area contributed by atoms with Crippen LogP contribution in [0.3, 0.4) is 0 Å². The number of hydrogen-bond donors (Lipinski definition) is 0. The number of carbonyl (C=O) groups excluding carboxylic acids is 1. The minimum Gasteiger partial charge on any atom is -0.491 e. The molecule has 3 aromatic carbocycles. The van der Waals surface area contributed by atoms with Gasteiger partial charge < -0.3 is 18.9 Å². The number of esters is 1. The Labute approximate surface area is 226 Å². The number of fused-ring (bicyclic) bond motifs is 2. The van der Waals surface area contributed by atoms with Crippen LogP contribution in [0.2, 0.25) is 0 Å². The fourth-order valence-electron chi connectivity index (χ4n) is 4.81. The van der Waals surface area contributed by atoms with E-state index in [1.165, 1.54) is 40.5 Å². The molecule has 0 N–H and O–H groups in total. The summed E-state index contributed by atoms with van der Waals surface area (Å²) in [4.78, 5) is 12.0. The summed E-state index contributed by atoms with van der Waals surface area (Å²) in [6.07, 6.45) is 6.28. The molecule has 2 unspecified atom stereocenters. The third kappa shape index (κ3) is 6.91. The zero-order chi connectivity index (χ0) is 26.9. The van der Waals surface area contributed by atoms with Crippen molar-refractivity contribution in [2.24, 2.45) is 0 Å². The lowest BCUT2D eigenvalue weighted by Crippen LogP contribution is -2.27. The Morgan fingerprint density at radius 1 is 0.868 bits per heavy atom. The topological polar surface area (TPSA) is 54.0 Å². The van der Waals surface area contributed by atoms with Gasteiger partial charge in [-0.2, -0.15) is 0 Å². The second kappa shape index (κ2) is 13.4. The SMILES string of the molecule is CCCc1ccc2c(c1)C=Cc1cc(C)ccc1C2OCCOc1ccc(CC(OC)C(=O)OCC)cc1. The molecule has 0 fully saturated rings. The summed E-state index contributed by atoms with van der Waals surface area (Å²) < 4.78 is 22.8. The number of benzene rings is 3. The molecule has 0 aromatic heterocycles. The van der Waals surface area contributed by atoms with Crippen molar-refractivity contribution in [3.63, 3.8) is 0 Å². The van der Waals surface area contributed by atoms with E-state index in [4.69, 9.17) is 18.9 Å². The Balaban J connectivity index is 1.40. The highest BCUT2D eigenvalue weighted by Crippen LogP contribution is 2.36. The van der Waals surface area contributed by atoms with Crippen LogP contribution >= 0.6 is 0 Å². The van der Waals surface area contributed by atoms with Crippen molar-refractivity contribution < 1.29 is 23.7 Å². The van der Waals surface area contributed by atoms with Crippen LogP contribution in [0.25, 0.3) is 12.2 Å². The van der Waals surface area contributed by atoms with Crippen molar-refractivity contribution in [1.82, 2.24) is 0 Å². The Hall–Kier alpha value is -3.41. The summed E-state index contributed by atoms with van der Waals surface area (Å²) in [6.45, 7) is 7.32. The summed E-state index contributed by atoms with van der Waals surface area (Å²) in [6, 6.07) is 21.0. The summed E-state index contributed by atoms with van der Waals surface area (Å²) in [5, 5.41) is 0. The normalized spacial score (nSPS) is 14.8. The lowest BCUT2D eigenvalue weighted by Gasteiger charge is -2.22. The Bertz CT molecular complexity index is 1240. The van der Waals surface area contributed by atoms with Crippen LogP contribution in [0, 0.1) is 6.92 Å². The van der Waals surface area contributed by atoms with E-state index in [9.17, 15) is 4.79 Å². The second-order valence-corrected chi connectivity index (χ2v) is 9.60. The van der Waals surface area contributed by atoms with Gasteiger partial charge in [-0.25, -0.2) is 4.79 Å². The molecule has 0 saturated carbocycles. The van der Waals surface area contributed by atoms with Crippen LogP contribution < -0.4 is 4.74 Å². The highest BCUT2D eigenvalue weighted by molar-refractivity contribution is 5.77. The second-order valence-electron chi connectivity index (χ2n) is 9.60. The standard InChI is InChI=1S/C33H38O5/c1-5-7-24-11-17-30-27(21-24)13-12-26-20-23(3)8-16-29(26)32(30)38-19-18-37-28-14-9-25(10-15-28)22-31(35-4)33(34)36-6-2/h8-17,20-21,31-32H,5-7,18-19,22H2,1-4H3. The van der Waals surface area contributed by atoms with Crippen LogP contribution in [0.1, 0.15) is 65.3 Å². The predicted octanol–water partition coefficient (Wildman–Crippen LogP) is 6.74. The average Bonchev–Trinajstić information content (AvgIpc) is 3.07. The molecule has 1 aliphatic rings. The van der Waals surface area contributed by atoms with Gasteiger partial charge in [-0.05, 0) is 65.8 Å². The first-order chi connectivity index (χ1) is 18.5. The summed E-state index contributed by atoms with van der Waals surface area (Å²) >= 11 is 0. The molecule has 0 aliphatic heterocycles. The molecule has 0 radical (unpaired) electrons. The van der Waals surface area contributed by atoms with E-state index in [1.807, 2.05) is 24.3 Å². The highest BCUT2D eigenvalue weighted by Gasteiger charge is 2.23. The summed E-state index contributed by atoms with van der Waals surface area (Å²) in [7, 11) is 1.52. The van der Waals surface area contributed by atoms with E-state index < -0.39 is 6.10 Å². The first kappa shape index (κ1) is 27.6. The first-order valence-corrected chi connectivity index (χ1v) is 13.5. The molecule has 0 bridgehead atoms. The van der Waals surface area contributed by atoms with Crippen LogP contribution in [0.5, 0.6) is 5.75 Å². The van der Waals surface area contributed by atoms with Gasteiger partial charge in [-0.1, -0.05) is 79.6 Å². The number of carbonyl (C=O) groups is 1. The van der Waals surface area contributed by atoms with Crippen molar-refractivity contribution in [3.05, 3.63) is 99.6 Å². The maximum Gasteiger partial charge on any atom is 0.335 e. The van der Waals surface area contributed by atoms with Crippen molar-refractivity contribution in [1.29, 1.82) is 0 Å². The van der Waals surface area contributed by atoms with Crippen LogP contribution in [-0.2, 0) is 31.8 Å². The molecule has 5 heteroatoms. The van der Waals surface area contributed by atoms with Crippen molar-refractivity contribution in [2.45, 2.75) is 52.2 Å². The maximum atomic E-state index is 12.0. The molecule has 0 heterocycles. The molecule has 200 valence electrons. The van der Waals surface area contributed by atoms with E-state index in [0.29, 0.717) is 26.2 Å². The van der Waals surface area contributed by atoms with Crippen LogP contribution in [-0.4, -0.2) is 39.0 Å². The molecule has 3 aromatic rings. The number of aryl methyl sites for hydroxylation is 2. The van der Waals surface area contributed by atoms with Crippen molar-refractivity contribution in [3.8, 4) is 5.75 Å². The van der Waals surface area contributed by atoms with Gasteiger partial charge in [0.15, 0.2) is 6.10 Å². The van der Waals surface area contributed by atoms with E-state index in [2.05, 4.69) is 62.4 Å². The van der Waals surface area contributed by atoms with E-state index >= 15 is 0 Å². The monoisotopic (exact) mass is 514 g/mol. The number of hydrogen-bond acceptors (Lipinski definition) is 5. The molecular formula is C33H38O5. The number of ether oxygens (including phenoxy) is 4. The number of rotatable bonds is 12. The molecule has 1 aliphatic carbocycles. The minimum atomic E-state index is -0.614. The molecule has 5 nitrogen and oxygen atoms in total. The fraction of sp³-hybridized carbons (Fsp3) is 0.364. The molecule has 0 spiro atoms. The van der Waals surface area contributed by atoms with Gasteiger partial charge in [0.2, 0.25) is 0 Å². The summed E-state index contributed by atoms with van der Waals surface area (Å²) in [5.74, 6) is 0.409. The summed E-state index contributed by atoms with van der Waals surface area (Å²) in [5.41, 5.74) is 8.32. The fourth-order valence-corrected chi connectivity index (χ4v) is 4.81. The van der Waals surface area contributed by atoms with Gasteiger partial charge in [0, 0.05) is 13.5 Å². The third-order valence-electron chi connectivity index (χ3n) is 6.75. The van der Waals surface area contributed by atoms with Crippen LogP contribution in [0.4, 0.5) is 0 Å². The van der Waals surface area contributed by atoms with Gasteiger partial charge in [0.05, 0.1) is 13.2 Å². The van der Waals surface area contributed by atoms with Crippen molar-refractivity contribution >= 4 is 18.1 Å². The predicted molar refractivity (Wildman–Crippen MR) is 151 cm³/mol. The van der Waals surface area contributed by atoms with Gasteiger partial charge in [-0.15, -0.1) is 0 Å². The molecule has 38 heavy (non-hydrogen) atoms. The van der Waals surface area contributed by atoms with Gasteiger partial charge in [-0.3, -0.25) is 0 Å². The van der Waals surface area contributed by atoms with Gasteiger partial charge in [0.1, 0.15) is 18.5 Å². The molecule has 0 saturated heterocycles. The first-order valence-electron chi connectivity index (χ1n) is 13.5.